The van der Waals surface area contributed by atoms with E-state index in [0.29, 0.717) is 80.3 Å². The number of pyridine rings is 1. The third-order valence-electron chi connectivity index (χ3n) is 17.5. The summed E-state index contributed by atoms with van der Waals surface area (Å²) < 4.78 is 43.1. The zero-order valence-corrected chi connectivity index (χ0v) is 43.7. The van der Waals surface area contributed by atoms with Crippen LogP contribution in [0.25, 0.3) is 11.0 Å². The van der Waals surface area contributed by atoms with Crippen molar-refractivity contribution in [2.45, 2.75) is 145 Å². The smallest absolute Gasteiger partial charge is 0.293 e. The van der Waals surface area contributed by atoms with Crippen LogP contribution in [0.15, 0.2) is 83.9 Å². The van der Waals surface area contributed by atoms with Gasteiger partial charge in [0.1, 0.15) is 23.1 Å². The van der Waals surface area contributed by atoms with Crippen molar-refractivity contribution in [3.63, 3.8) is 0 Å². The van der Waals surface area contributed by atoms with Crippen LogP contribution >= 0.6 is 0 Å². The van der Waals surface area contributed by atoms with Crippen LogP contribution in [-0.2, 0) is 14.8 Å². The fourth-order valence-corrected chi connectivity index (χ4v) is 14.1. The predicted octanol–water partition coefficient (Wildman–Crippen LogP) is 9.09. The number of rotatable bonds is 12. The highest BCUT2D eigenvalue weighted by Crippen LogP contribution is 2.55. The van der Waals surface area contributed by atoms with Crippen molar-refractivity contribution in [2.75, 3.05) is 54.5 Å². The molecule has 5 fully saturated rings. The van der Waals surface area contributed by atoms with Crippen LogP contribution in [0.2, 0.25) is 0 Å². The van der Waals surface area contributed by atoms with E-state index in [1.165, 1.54) is 23.3 Å². The Morgan fingerprint density at radius 1 is 0.919 bits per heavy atom. The number of nitrogens with zero attached hydrogens (tertiary/aromatic N) is 5. The summed E-state index contributed by atoms with van der Waals surface area (Å²) in [7, 11) is -4.63. The van der Waals surface area contributed by atoms with Gasteiger partial charge in [-0.1, -0.05) is 38.1 Å². The van der Waals surface area contributed by atoms with Gasteiger partial charge in [0.25, 0.3) is 21.6 Å². The molecule has 4 atom stereocenters. The van der Waals surface area contributed by atoms with E-state index in [9.17, 15) is 33.5 Å². The van der Waals surface area contributed by atoms with Gasteiger partial charge >= 0.3 is 0 Å². The minimum Gasteiger partial charge on any atom is -0.468 e. The summed E-state index contributed by atoms with van der Waals surface area (Å²) in [6.07, 6.45) is 10.4. The molecule has 6 aliphatic rings. The molecular formula is C56H70N8O9S. The normalized spacial score (nSPS) is 27.3. The third kappa shape index (κ3) is 9.83. The summed E-state index contributed by atoms with van der Waals surface area (Å²) in [6.45, 7) is 11.9. The average molecular weight is 1030 g/mol. The number of aliphatic hydroxyl groups is 2. The number of piperidine rings is 2. The van der Waals surface area contributed by atoms with Crippen molar-refractivity contribution < 1.29 is 37.8 Å². The Kier molecular flexibility index (Phi) is 13.2. The van der Waals surface area contributed by atoms with E-state index in [1.807, 2.05) is 38.1 Å². The molecule has 74 heavy (non-hydrogen) atoms. The molecule has 4 aliphatic heterocycles. The fraction of sp³-hybridized carbons (Fsp3) is 0.536. The lowest BCUT2D eigenvalue weighted by Gasteiger charge is -2.58. The van der Waals surface area contributed by atoms with E-state index in [0.717, 1.165) is 81.7 Å². The van der Waals surface area contributed by atoms with E-state index < -0.39 is 48.7 Å². The Hall–Kier alpha value is -5.79. The van der Waals surface area contributed by atoms with Gasteiger partial charge in [-0.3, -0.25) is 19.8 Å². The molecule has 0 unspecified atom stereocenters. The maximum Gasteiger partial charge on any atom is 0.293 e. The van der Waals surface area contributed by atoms with Crippen molar-refractivity contribution in [3.05, 3.63) is 106 Å². The monoisotopic (exact) mass is 1030 g/mol. The lowest BCUT2D eigenvalue weighted by Crippen LogP contribution is -2.58. The predicted molar refractivity (Wildman–Crippen MR) is 284 cm³/mol. The molecule has 5 N–H and O–H groups in total. The number of hydrogen-bond donors (Lipinski definition) is 5. The first kappa shape index (κ1) is 50.4. The van der Waals surface area contributed by atoms with E-state index >= 15 is 0 Å². The number of likely N-dealkylation sites (tertiary alicyclic amines) is 1. The molecule has 17 nitrogen and oxygen atoms in total. The number of anilines is 4. The largest absolute Gasteiger partial charge is 0.468 e. The highest BCUT2D eigenvalue weighted by atomic mass is 32.2. The summed E-state index contributed by atoms with van der Waals surface area (Å²) in [5, 5.41) is 38.1. The highest BCUT2D eigenvalue weighted by Gasteiger charge is 2.51. The first-order valence-corrected chi connectivity index (χ1v) is 28.1. The summed E-state index contributed by atoms with van der Waals surface area (Å²) >= 11 is 0. The third-order valence-corrected chi connectivity index (χ3v) is 18.8. The van der Waals surface area contributed by atoms with E-state index in [-0.39, 0.29) is 34.7 Å². The van der Waals surface area contributed by atoms with Crippen molar-refractivity contribution in [1.82, 2.24) is 19.6 Å². The second-order valence-corrected chi connectivity index (χ2v) is 24.8. The molecule has 394 valence electrons. The molecule has 2 aromatic heterocycles. The molecule has 3 saturated heterocycles. The topological polar surface area (TPSA) is 216 Å². The number of amides is 1. The number of nitro groups is 1. The van der Waals surface area contributed by atoms with Crippen LogP contribution in [0, 0.1) is 21.4 Å². The zero-order chi connectivity index (χ0) is 51.7. The van der Waals surface area contributed by atoms with Gasteiger partial charge in [0, 0.05) is 68.2 Å². The number of H-pyrrole nitrogens is 1. The van der Waals surface area contributed by atoms with Crippen molar-refractivity contribution in [1.29, 1.82) is 0 Å². The fourth-order valence-electron chi connectivity index (χ4n) is 13.1. The van der Waals surface area contributed by atoms with E-state index in [4.69, 9.17) is 14.5 Å². The molecule has 1 spiro atoms. The SMILES string of the molecule is CC(C)c1ccccc1[C@@H]1C[C@@](C)(O)CCN1C1CC2(CCN(c3ccc(C(=O)NS(=O)(=O)c4ccc(NCC5CCC(C)(O)CC5)c([N+](=O)[O-])c4)c(N4c5cc6cc[nH]c6nc5O[C@H]5COCC[C@@H]54)c3)CC2)C1. The molecule has 1 amide bonds. The Balaban J connectivity index is 0.865. The van der Waals surface area contributed by atoms with E-state index in [1.54, 1.807) is 12.3 Å². The molecule has 2 saturated carbocycles. The van der Waals surface area contributed by atoms with Gasteiger partial charge in [-0.2, -0.15) is 4.98 Å². The van der Waals surface area contributed by atoms with Gasteiger partial charge in [-0.15, -0.1) is 0 Å². The number of nitro benzene ring substituents is 1. The van der Waals surface area contributed by atoms with Crippen LogP contribution in [0.3, 0.4) is 0 Å². The average Bonchev–Trinajstić information content (AvgIpc) is 3.83. The second-order valence-electron chi connectivity index (χ2n) is 23.1. The number of aromatic nitrogens is 2. The Labute approximate surface area is 433 Å². The van der Waals surface area contributed by atoms with Gasteiger partial charge < -0.3 is 39.8 Å². The molecule has 0 radical (unpaired) electrons. The van der Waals surface area contributed by atoms with E-state index in [2.05, 4.69) is 67.8 Å². The van der Waals surface area contributed by atoms with Crippen LogP contribution in [0.5, 0.6) is 5.88 Å². The number of aromatic amines is 1. The Morgan fingerprint density at radius 2 is 1.69 bits per heavy atom. The quantitative estimate of drug-likeness (QED) is 0.0582. The number of carbonyl (C=O) groups excluding carboxylic acids is 1. The Bertz CT molecular complexity index is 3040. The Morgan fingerprint density at radius 3 is 2.45 bits per heavy atom. The maximum absolute atomic E-state index is 14.7. The first-order valence-electron chi connectivity index (χ1n) is 26.6. The lowest BCUT2D eigenvalue weighted by atomic mass is 9.59. The van der Waals surface area contributed by atoms with Crippen molar-refractivity contribution >= 4 is 55.4 Å². The van der Waals surface area contributed by atoms with Crippen molar-refractivity contribution in [3.8, 4) is 5.88 Å². The first-order chi connectivity index (χ1) is 35.3. The molecule has 18 heteroatoms. The standard InChI is InChI=1S/C56H70N8O9S/c1-35(2)41-7-5-6-8-42(41)49-32-55(4,67)19-25-62(49)39-30-56(31-39)20-23-61(24-21-56)38-9-11-43(46(28-38)63-45-16-26-72-34-50(45)73-53-48(63)27-37-15-22-57-51(37)59-53)52(65)60-74(70,71)40-10-12-44(47(29-40)64(68)69)58-33-36-13-17-54(3,66)18-14-36/h5-12,15,22,27-29,35-36,39,45,49-50,58,66-67H,13-14,16-21,23-26,30-34H2,1-4H3,(H,57,59)(H,60,65)/t36?,45-,49-,50-,54?,55-/m0/s1. The second kappa shape index (κ2) is 19.4. The summed E-state index contributed by atoms with van der Waals surface area (Å²) in [6, 6.07) is 22.1. The molecule has 11 rings (SSSR count). The summed E-state index contributed by atoms with van der Waals surface area (Å²) in [4.78, 5) is 41.2. The highest BCUT2D eigenvalue weighted by molar-refractivity contribution is 7.90. The molecule has 0 bridgehead atoms. The van der Waals surface area contributed by atoms with Gasteiger partial charge in [0.15, 0.2) is 0 Å². The van der Waals surface area contributed by atoms with Crippen molar-refractivity contribution in [2.24, 2.45) is 11.3 Å². The number of hydrogen-bond acceptors (Lipinski definition) is 14. The number of sulfonamides is 1. The molecular weight excluding hydrogens is 961 g/mol. The van der Waals surface area contributed by atoms with Gasteiger partial charge in [-0.05, 0) is 155 Å². The molecule has 6 heterocycles. The van der Waals surface area contributed by atoms with Crippen LogP contribution in [0.4, 0.5) is 28.4 Å². The summed E-state index contributed by atoms with van der Waals surface area (Å²) in [5.41, 5.74) is 3.97. The minimum atomic E-state index is -4.63. The van der Waals surface area contributed by atoms with Crippen LogP contribution in [-0.4, -0.2) is 113 Å². The van der Waals surface area contributed by atoms with Crippen LogP contribution in [0.1, 0.15) is 132 Å². The maximum atomic E-state index is 14.7. The molecule has 5 aromatic rings. The number of nitrogens with one attached hydrogen (secondary N) is 3. The number of benzene rings is 3. The van der Waals surface area contributed by atoms with Gasteiger partial charge in [0.2, 0.25) is 5.88 Å². The van der Waals surface area contributed by atoms with Gasteiger partial charge in [0.05, 0.1) is 44.9 Å². The van der Waals surface area contributed by atoms with Crippen LogP contribution < -0.4 is 24.6 Å². The lowest BCUT2D eigenvalue weighted by molar-refractivity contribution is -0.384. The number of ether oxygens (including phenoxy) is 2. The number of carbonyl (C=O) groups is 1. The van der Waals surface area contributed by atoms with Gasteiger partial charge in [-0.25, -0.2) is 13.1 Å². The minimum absolute atomic E-state index is 0.105. The molecule has 2 aliphatic carbocycles. The molecule has 3 aromatic carbocycles. The number of fused-ring (bicyclic) bond motifs is 3. The summed E-state index contributed by atoms with van der Waals surface area (Å²) in [5.74, 6) is 0.0492. The zero-order valence-electron chi connectivity index (χ0n) is 42.9.